The summed E-state index contributed by atoms with van der Waals surface area (Å²) in [6.45, 7) is 6.71. The fourth-order valence-electron chi connectivity index (χ4n) is 4.02. The first-order chi connectivity index (χ1) is 15.2. The van der Waals surface area contributed by atoms with Crippen molar-refractivity contribution in [1.29, 1.82) is 0 Å². The molecule has 2 N–H and O–H groups in total. The van der Waals surface area contributed by atoms with E-state index in [2.05, 4.69) is 75.1 Å². The summed E-state index contributed by atoms with van der Waals surface area (Å²) in [6.07, 6.45) is 4.57. The minimum atomic E-state index is 0.208. The molecular formula is C24H31N5OS. The van der Waals surface area contributed by atoms with Crippen LogP contribution in [-0.2, 0) is 24.3 Å². The zero-order chi connectivity index (χ0) is 21.5. The quantitative estimate of drug-likeness (QED) is 0.321. The molecule has 7 heteroatoms. The van der Waals surface area contributed by atoms with Crippen molar-refractivity contribution in [2.75, 3.05) is 26.2 Å². The Morgan fingerprint density at radius 2 is 2.10 bits per heavy atom. The van der Waals surface area contributed by atoms with Crippen LogP contribution in [0, 0.1) is 0 Å². The lowest BCUT2D eigenvalue weighted by Crippen LogP contribution is -2.41. The van der Waals surface area contributed by atoms with Gasteiger partial charge in [-0.15, -0.1) is 11.3 Å². The van der Waals surface area contributed by atoms with Gasteiger partial charge in [-0.05, 0) is 54.3 Å². The van der Waals surface area contributed by atoms with Crippen LogP contribution in [0.3, 0.4) is 0 Å². The lowest BCUT2D eigenvalue weighted by molar-refractivity contribution is -0.131. The van der Waals surface area contributed by atoms with Gasteiger partial charge in [0.25, 0.3) is 0 Å². The number of nitrogens with one attached hydrogen (secondary N) is 2. The Hall–Kier alpha value is -2.80. The van der Waals surface area contributed by atoms with Gasteiger partial charge in [-0.3, -0.25) is 9.79 Å². The molecule has 3 heterocycles. The smallest absolute Gasteiger partial charge is 0.224 e. The van der Waals surface area contributed by atoms with Gasteiger partial charge in [-0.2, -0.15) is 0 Å². The maximum Gasteiger partial charge on any atom is 0.224 e. The van der Waals surface area contributed by atoms with Gasteiger partial charge in [0.2, 0.25) is 5.91 Å². The third-order valence-electron chi connectivity index (χ3n) is 5.64. The predicted molar refractivity (Wildman–Crippen MR) is 129 cm³/mol. The number of hydrogen-bond donors (Lipinski definition) is 2. The van der Waals surface area contributed by atoms with E-state index >= 15 is 0 Å². The molecule has 31 heavy (non-hydrogen) atoms. The maximum absolute atomic E-state index is 12.6. The van der Waals surface area contributed by atoms with E-state index in [-0.39, 0.29) is 5.91 Å². The standard InChI is InChI=1S/C24H31N5OS/c1-2-25-24(26-12-5-14-28-15-9-19-6-3-4-7-21(19)28)27-13-8-23(30)29-16-10-22-20(18-29)11-17-31-22/h3-4,6-7,9,11,15,17H,2,5,8,10,12-14,16,18H2,1H3,(H2,25,26,27). The maximum atomic E-state index is 12.6. The summed E-state index contributed by atoms with van der Waals surface area (Å²) in [4.78, 5) is 20.7. The normalized spacial score (nSPS) is 14.0. The monoisotopic (exact) mass is 437 g/mol. The van der Waals surface area contributed by atoms with Crippen LogP contribution in [-0.4, -0.2) is 47.5 Å². The molecule has 1 amide bonds. The number of aliphatic imine (C=N–C) groups is 1. The van der Waals surface area contributed by atoms with Crippen molar-refractivity contribution in [3.05, 3.63) is 58.4 Å². The first-order valence-corrected chi connectivity index (χ1v) is 12.0. The van der Waals surface area contributed by atoms with Crippen LogP contribution >= 0.6 is 11.3 Å². The average molecular weight is 438 g/mol. The van der Waals surface area contributed by atoms with Gasteiger partial charge in [-0.1, -0.05) is 18.2 Å². The lowest BCUT2D eigenvalue weighted by Gasteiger charge is -2.27. The molecule has 0 bridgehead atoms. The summed E-state index contributed by atoms with van der Waals surface area (Å²) in [5.74, 6) is 0.992. The van der Waals surface area contributed by atoms with Gasteiger partial charge in [-0.25, -0.2) is 0 Å². The average Bonchev–Trinajstić information content (AvgIpc) is 3.43. The third kappa shape index (κ3) is 5.47. The summed E-state index contributed by atoms with van der Waals surface area (Å²) in [7, 11) is 0. The molecule has 1 aromatic carbocycles. The summed E-state index contributed by atoms with van der Waals surface area (Å²) in [5.41, 5.74) is 2.57. The van der Waals surface area contributed by atoms with E-state index in [9.17, 15) is 4.79 Å². The minimum absolute atomic E-state index is 0.208. The summed E-state index contributed by atoms with van der Waals surface area (Å²) in [5, 5.41) is 9.99. The first kappa shape index (κ1) is 21.4. The van der Waals surface area contributed by atoms with E-state index in [0.717, 1.165) is 51.5 Å². The van der Waals surface area contributed by atoms with Crippen LogP contribution in [0.15, 0.2) is 53.0 Å². The Morgan fingerprint density at radius 1 is 1.19 bits per heavy atom. The number of nitrogens with zero attached hydrogens (tertiary/aromatic N) is 3. The SMILES string of the molecule is CCNC(=NCCCn1ccc2ccccc21)NCCC(=O)N1CCc2sccc2C1. The molecule has 0 atom stereocenters. The first-order valence-electron chi connectivity index (χ1n) is 11.1. The number of thiophene rings is 1. The van der Waals surface area contributed by atoms with Crippen LogP contribution in [0.2, 0.25) is 0 Å². The number of hydrogen-bond acceptors (Lipinski definition) is 3. The molecule has 2 aromatic heterocycles. The number of benzene rings is 1. The Morgan fingerprint density at radius 3 is 3.00 bits per heavy atom. The minimum Gasteiger partial charge on any atom is -0.357 e. The molecule has 0 unspecified atom stereocenters. The number of guanidine groups is 1. The number of aryl methyl sites for hydroxylation is 1. The second kappa shape index (κ2) is 10.5. The van der Waals surface area contributed by atoms with Crippen LogP contribution in [0.5, 0.6) is 0 Å². The second-order valence-corrected chi connectivity index (χ2v) is 8.79. The van der Waals surface area contributed by atoms with E-state index in [1.807, 2.05) is 4.90 Å². The van der Waals surface area contributed by atoms with Crippen molar-refractivity contribution in [1.82, 2.24) is 20.1 Å². The van der Waals surface area contributed by atoms with Crippen molar-refractivity contribution < 1.29 is 4.79 Å². The van der Waals surface area contributed by atoms with Crippen molar-refractivity contribution in [2.45, 2.75) is 39.3 Å². The van der Waals surface area contributed by atoms with E-state index in [1.165, 1.54) is 21.3 Å². The Labute approximate surface area is 188 Å². The molecule has 3 aromatic rings. The van der Waals surface area contributed by atoms with Crippen LogP contribution in [0.1, 0.15) is 30.2 Å². The van der Waals surface area contributed by atoms with Gasteiger partial charge < -0.3 is 20.1 Å². The van der Waals surface area contributed by atoms with Gasteiger partial charge in [0.05, 0.1) is 0 Å². The number of para-hydroxylation sites is 1. The van der Waals surface area contributed by atoms with Crippen molar-refractivity contribution in [2.24, 2.45) is 4.99 Å². The molecule has 6 nitrogen and oxygen atoms in total. The highest BCUT2D eigenvalue weighted by atomic mass is 32.1. The number of fused-ring (bicyclic) bond motifs is 2. The highest BCUT2D eigenvalue weighted by molar-refractivity contribution is 7.10. The second-order valence-electron chi connectivity index (χ2n) is 7.79. The Balaban J connectivity index is 1.21. The van der Waals surface area contributed by atoms with E-state index in [4.69, 9.17) is 0 Å². The fourth-order valence-corrected chi connectivity index (χ4v) is 4.91. The summed E-state index contributed by atoms with van der Waals surface area (Å²) >= 11 is 1.80. The number of amides is 1. The summed E-state index contributed by atoms with van der Waals surface area (Å²) < 4.78 is 2.28. The van der Waals surface area contributed by atoms with Gasteiger partial charge in [0.15, 0.2) is 5.96 Å². The zero-order valence-corrected chi connectivity index (χ0v) is 19.0. The number of rotatable bonds is 8. The van der Waals surface area contributed by atoms with E-state index < -0.39 is 0 Å². The Kier molecular flexibility index (Phi) is 7.25. The predicted octanol–water partition coefficient (Wildman–Crippen LogP) is 3.62. The number of carbonyl (C=O) groups excluding carboxylic acids is 1. The van der Waals surface area contributed by atoms with Gasteiger partial charge >= 0.3 is 0 Å². The van der Waals surface area contributed by atoms with E-state index in [0.29, 0.717) is 13.0 Å². The van der Waals surface area contributed by atoms with Crippen LogP contribution in [0.25, 0.3) is 10.9 Å². The molecule has 164 valence electrons. The van der Waals surface area contributed by atoms with Crippen molar-refractivity contribution in [3.8, 4) is 0 Å². The van der Waals surface area contributed by atoms with Crippen molar-refractivity contribution >= 4 is 34.1 Å². The topological polar surface area (TPSA) is 61.7 Å². The molecule has 1 aliphatic heterocycles. The molecule has 0 saturated carbocycles. The van der Waals surface area contributed by atoms with Crippen LogP contribution in [0.4, 0.5) is 0 Å². The molecule has 4 rings (SSSR count). The largest absolute Gasteiger partial charge is 0.357 e. The molecule has 1 aliphatic rings. The molecular weight excluding hydrogens is 406 g/mol. The molecule has 0 fully saturated rings. The molecule has 0 radical (unpaired) electrons. The highest BCUT2D eigenvalue weighted by Crippen LogP contribution is 2.24. The van der Waals surface area contributed by atoms with Gasteiger partial charge in [0, 0.05) is 62.3 Å². The number of aromatic nitrogens is 1. The van der Waals surface area contributed by atoms with Crippen molar-refractivity contribution in [3.63, 3.8) is 0 Å². The fraction of sp³-hybridized carbons (Fsp3) is 0.417. The summed E-state index contributed by atoms with van der Waals surface area (Å²) in [6, 6.07) is 12.7. The number of carbonyl (C=O) groups is 1. The molecule has 0 aliphatic carbocycles. The lowest BCUT2D eigenvalue weighted by atomic mass is 10.1. The van der Waals surface area contributed by atoms with E-state index in [1.54, 1.807) is 11.3 Å². The third-order valence-corrected chi connectivity index (χ3v) is 6.67. The Bertz CT molecular complexity index is 1040. The molecule has 0 spiro atoms. The molecule has 0 saturated heterocycles. The van der Waals surface area contributed by atoms with Gasteiger partial charge in [0.1, 0.15) is 0 Å². The highest BCUT2D eigenvalue weighted by Gasteiger charge is 2.20. The zero-order valence-electron chi connectivity index (χ0n) is 18.1. The van der Waals surface area contributed by atoms with Crippen LogP contribution < -0.4 is 10.6 Å².